The third kappa shape index (κ3) is 2.81. The van der Waals surface area contributed by atoms with Gasteiger partial charge >= 0.3 is 6.18 Å². The fourth-order valence-electron chi connectivity index (χ4n) is 2.97. The van der Waals surface area contributed by atoms with Gasteiger partial charge in [0.1, 0.15) is 11.9 Å². The van der Waals surface area contributed by atoms with Gasteiger partial charge in [-0.05, 0) is 48.2 Å². The summed E-state index contributed by atoms with van der Waals surface area (Å²) >= 11 is 0. The van der Waals surface area contributed by atoms with Crippen molar-refractivity contribution in [2.45, 2.75) is 32.5 Å². The van der Waals surface area contributed by atoms with Crippen LogP contribution in [0.15, 0.2) is 30.3 Å². The molecule has 1 heterocycles. The fraction of sp³-hybridized carbons (Fsp3) is 0.333. The molecule has 23 heavy (non-hydrogen) atoms. The second-order valence-electron chi connectivity index (χ2n) is 5.94. The van der Waals surface area contributed by atoms with E-state index in [-0.39, 0.29) is 12.6 Å². The first-order valence-electron chi connectivity index (χ1n) is 7.48. The van der Waals surface area contributed by atoms with Gasteiger partial charge in [0.2, 0.25) is 0 Å². The number of nitrogens with two attached hydrogens (primary N) is 1. The highest BCUT2D eigenvalue weighted by Crippen LogP contribution is 2.44. The van der Waals surface area contributed by atoms with E-state index in [4.69, 9.17) is 10.5 Å². The van der Waals surface area contributed by atoms with Gasteiger partial charge in [-0.15, -0.1) is 0 Å². The van der Waals surface area contributed by atoms with E-state index in [0.29, 0.717) is 23.3 Å². The number of rotatable bonds is 2. The predicted molar refractivity (Wildman–Crippen MR) is 83.5 cm³/mol. The van der Waals surface area contributed by atoms with Crippen molar-refractivity contribution in [3.8, 4) is 16.9 Å². The number of aryl methyl sites for hydroxylation is 1. The molecule has 2 nitrogen and oxygen atoms in total. The fourth-order valence-corrected chi connectivity index (χ4v) is 2.97. The molecule has 0 aromatic heterocycles. The first-order valence-corrected chi connectivity index (χ1v) is 7.48. The Morgan fingerprint density at radius 3 is 2.57 bits per heavy atom. The lowest BCUT2D eigenvalue weighted by atomic mass is 9.92. The Morgan fingerprint density at radius 1 is 1.17 bits per heavy atom. The third-order valence-corrected chi connectivity index (χ3v) is 4.38. The van der Waals surface area contributed by atoms with E-state index in [1.807, 2.05) is 32.0 Å². The molecule has 3 rings (SSSR count). The number of alkyl halides is 3. The lowest BCUT2D eigenvalue weighted by Crippen LogP contribution is -2.24. The minimum Gasteiger partial charge on any atom is -0.488 e. The number of hydrogen-bond donors (Lipinski definition) is 1. The van der Waals surface area contributed by atoms with E-state index in [1.54, 1.807) is 0 Å². The molecule has 0 amide bonds. The number of hydrogen-bond acceptors (Lipinski definition) is 2. The normalized spacial score (nSPS) is 17.0. The molecule has 122 valence electrons. The second-order valence-corrected chi connectivity index (χ2v) is 5.94. The molecule has 0 spiro atoms. The number of fused-ring (bicyclic) bond motifs is 1. The van der Waals surface area contributed by atoms with Gasteiger partial charge < -0.3 is 10.5 Å². The maximum absolute atomic E-state index is 13.2. The predicted octanol–water partition coefficient (Wildman–Crippen LogP) is 4.25. The van der Waals surface area contributed by atoms with E-state index in [9.17, 15) is 13.2 Å². The van der Waals surface area contributed by atoms with E-state index in [2.05, 4.69) is 0 Å². The van der Waals surface area contributed by atoms with Crippen LogP contribution in [0.3, 0.4) is 0 Å². The summed E-state index contributed by atoms with van der Waals surface area (Å²) < 4.78 is 45.5. The molecular weight excluding hydrogens is 303 g/mol. The summed E-state index contributed by atoms with van der Waals surface area (Å²) in [4.78, 5) is 0. The van der Waals surface area contributed by atoms with Crippen LogP contribution < -0.4 is 10.5 Å². The molecule has 0 fully saturated rings. The third-order valence-electron chi connectivity index (χ3n) is 4.38. The summed E-state index contributed by atoms with van der Waals surface area (Å²) in [6.07, 6.45) is -4.24. The van der Waals surface area contributed by atoms with Crippen molar-refractivity contribution >= 4 is 0 Å². The minimum absolute atomic E-state index is 0.266. The van der Waals surface area contributed by atoms with Gasteiger partial charge in [-0.2, -0.15) is 13.2 Å². The van der Waals surface area contributed by atoms with Crippen molar-refractivity contribution in [2.24, 2.45) is 5.73 Å². The molecule has 0 bridgehead atoms. The van der Waals surface area contributed by atoms with Gasteiger partial charge in [-0.1, -0.05) is 18.2 Å². The van der Waals surface area contributed by atoms with E-state index >= 15 is 0 Å². The Kier molecular flexibility index (Phi) is 3.84. The molecule has 1 aliphatic rings. The SMILES string of the molecule is Cc1cccc(-c2cc(C(F)(F)F)cc3c2OC(CN)C3)c1C. The molecular formula is C18H18F3NO. The van der Waals surface area contributed by atoms with Gasteiger partial charge in [0.25, 0.3) is 0 Å². The van der Waals surface area contributed by atoms with Crippen molar-refractivity contribution < 1.29 is 17.9 Å². The number of halogens is 3. The summed E-state index contributed by atoms with van der Waals surface area (Å²) in [5.41, 5.74) is 8.81. The first kappa shape index (κ1) is 15.9. The van der Waals surface area contributed by atoms with Crippen molar-refractivity contribution in [2.75, 3.05) is 6.54 Å². The standard InChI is InChI=1S/C18H18F3NO/c1-10-4-3-5-15(11(10)2)16-8-13(18(19,20)21)6-12-7-14(9-22)23-17(12)16/h3-6,8,14H,7,9,22H2,1-2H3. The molecule has 0 radical (unpaired) electrons. The van der Waals surface area contributed by atoms with Crippen LogP contribution in [0.2, 0.25) is 0 Å². The Balaban J connectivity index is 2.24. The quantitative estimate of drug-likeness (QED) is 0.897. The van der Waals surface area contributed by atoms with Crippen molar-refractivity contribution in [1.29, 1.82) is 0 Å². The van der Waals surface area contributed by atoms with Crippen LogP contribution in [0.25, 0.3) is 11.1 Å². The largest absolute Gasteiger partial charge is 0.488 e. The average Bonchev–Trinajstić information content (AvgIpc) is 2.91. The Hall–Kier alpha value is -2.01. The highest BCUT2D eigenvalue weighted by Gasteiger charge is 2.35. The number of benzene rings is 2. The van der Waals surface area contributed by atoms with Crippen molar-refractivity contribution in [1.82, 2.24) is 0 Å². The molecule has 0 aliphatic carbocycles. The van der Waals surface area contributed by atoms with E-state index in [0.717, 1.165) is 16.7 Å². The maximum Gasteiger partial charge on any atom is 0.416 e. The van der Waals surface area contributed by atoms with Crippen LogP contribution in [-0.4, -0.2) is 12.6 Å². The molecule has 1 atom stereocenters. The molecule has 1 aliphatic heterocycles. The molecule has 0 saturated carbocycles. The molecule has 2 aromatic carbocycles. The van der Waals surface area contributed by atoms with Crippen LogP contribution in [0, 0.1) is 13.8 Å². The zero-order valence-electron chi connectivity index (χ0n) is 13.0. The van der Waals surface area contributed by atoms with Gasteiger partial charge in [-0.3, -0.25) is 0 Å². The van der Waals surface area contributed by atoms with Gasteiger partial charge in [0.15, 0.2) is 0 Å². The molecule has 2 N–H and O–H groups in total. The summed E-state index contributed by atoms with van der Waals surface area (Å²) in [5.74, 6) is 0.530. The van der Waals surface area contributed by atoms with Gasteiger partial charge in [0, 0.05) is 18.5 Å². The average molecular weight is 321 g/mol. The molecule has 2 aromatic rings. The second kappa shape index (κ2) is 5.57. The van der Waals surface area contributed by atoms with Crippen LogP contribution in [-0.2, 0) is 12.6 Å². The minimum atomic E-state index is -4.39. The van der Waals surface area contributed by atoms with Crippen LogP contribution in [0.4, 0.5) is 13.2 Å². The maximum atomic E-state index is 13.2. The number of ether oxygens (including phenoxy) is 1. The van der Waals surface area contributed by atoms with Gasteiger partial charge in [0.05, 0.1) is 5.56 Å². The van der Waals surface area contributed by atoms with Crippen LogP contribution in [0.5, 0.6) is 5.75 Å². The topological polar surface area (TPSA) is 35.2 Å². The van der Waals surface area contributed by atoms with E-state index < -0.39 is 11.7 Å². The summed E-state index contributed by atoms with van der Waals surface area (Å²) in [6, 6.07) is 7.98. The Bertz CT molecular complexity index is 753. The smallest absolute Gasteiger partial charge is 0.416 e. The van der Waals surface area contributed by atoms with Crippen LogP contribution in [0.1, 0.15) is 22.3 Å². The molecule has 5 heteroatoms. The molecule has 1 unspecified atom stereocenters. The zero-order chi connectivity index (χ0) is 16.8. The Morgan fingerprint density at radius 2 is 1.91 bits per heavy atom. The zero-order valence-corrected chi connectivity index (χ0v) is 13.0. The van der Waals surface area contributed by atoms with Crippen molar-refractivity contribution in [3.63, 3.8) is 0 Å². The summed E-state index contributed by atoms with van der Waals surface area (Å²) in [6.45, 7) is 4.13. The summed E-state index contributed by atoms with van der Waals surface area (Å²) in [7, 11) is 0. The lowest BCUT2D eigenvalue weighted by Gasteiger charge is -2.16. The lowest BCUT2D eigenvalue weighted by molar-refractivity contribution is -0.137. The highest BCUT2D eigenvalue weighted by molar-refractivity contribution is 5.77. The van der Waals surface area contributed by atoms with Gasteiger partial charge in [-0.25, -0.2) is 0 Å². The van der Waals surface area contributed by atoms with E-state index in [1.165, 1.54) is 12.1 Å². The monoisotopic (exact) mass is 321 g/mol. The first-order chi connectivity index (χ1) is 10.8. The molecule has 0 saturated heterocycles. The van der Waals surface area contributed by atoms with Crippen LogP contribution >= 0.6 is 0 Å². The highest BCUT2D eigenvalue weighted by atomic mass is 19.4. The van der Waals surface area contributed by atoms with Crippen molar-refractivity contribution in [3.05, 3.63) is 52.6 Å². The summed E-state index contributed by atoms with van der Waals surface area (Å²) in [5, 5.41) is 0. The Labute approximate surface area is 133 Å².